The number of aromatic nitrogens is 3. The maximum absolute atomic E-state index is 12.9. The van der Waals surface area contributed by atoms with Gasteiger partial charge in [-0.15, -0.1) is 11.3 Å². The fraction of sp³-hybridized carbons (Fsp3) is 0.471. The van der Waals surface area contributed by atoms with Gasteiger partial charge in [-0.05, 0) is 19.8 Å². The predicted octanol–water partition coefficient (Wildman–Crippen LogP) is 0.638. The number of imidazole rings is 1. The molecule has 0 aromatic carbocycles. The highest BCUT2D eigenvalue weighted by Gasteiger charge is 2.34. The number of nitrogens with one attached hydrogen (secondary N) is 2. The monoisotopic (exact) mass is 390 g/mol. The lowest BCUT2D eigenvalue weighted by atomic mass is 10.2. The lowest BCUT2D eigenvalue weighted by Crippen LogP contribution is -2.35. The van der Waals surface area contributed by atoms with Gasteiger partial charge in [0.25, 0.3) is 11.8 Å². The second-order valence-electron chi connectivity index (χ2n) is 6.37. The quantitative estimate of drug-likeness (QED) is 0.779. The van der Waals surface area contributed by atoms with Crippen LogP contribution in [0.5, 0.6) is 0 Å². The summed E-state index contributed by atoms with van der Waals surface area (Å²) in [4.78, 5) is 46.7. The number of hydrogen-bond donors (Lipinski definition) is 2. The number of carbonyl (C=O) groups excluding carboxylic acids is 3. The molecule has 10 heteroatoms. The maximum atomic E-state index is 12.9. The molecule has 0 aliphatic carbocycles. The highest BCUT2D eigenvalue weighted by molar-refractivity contribution is 7.09. The zero-order chi connectivity index (χ0) is 19.6. The summed E-state index contributed by atoms with van der Waals surface area (Å²) in [6.45, 7) is 2.38. The van der Waals surface area contributed by atoms with Gasteiger partial charge in [-0.25, -0.2) is 9.97 Å². The molecule has 9 nitrogen and oxygen atoms in total. The molecule has 0 bridgehead atoms. The van der Waals surface area contributed by atoms with Gasteiger partial charge in [0.05, 0.1) is 12.6 Å². The molecule has 0 saturated carbocycles. The van der Waals surface area contributed by atoms with Crippen LogP contribution < -0.4 is 10.6 Å². The van der Waals surface area contributed by atoms with Crippen LogP contribution in [-0.4, -0.2) is 57.3 Å². The summed E-state index contributed by atoms with van der Waals surface area (Å²) in [7, 11) is 3.36. The van der Waals surface area contributed by atoms with E-state index in [1.54, 1.807) is 16.5 Å². The summed E-state index contributed by atoms with van der Waals surface area (Å²) in [6.07, 6.45) is 3.40. The van der Waals surface area contributed by atoms with Crippen molar-refractivity contribution in [1.82, 2.24) is 30.1 Å². The van der Waals surface area contributed by atoms with Gasteiger partial charge in [0.15, 0.2) is 0 Å². The number of carbonyl (C=O) groups is 3. The smallest absolute Gasteiger partial charge is 0.274 e. The van der Waals surface area contributed by atoms with Crippen LogP contribution in [0, 0.1) is 6.92 Å². The summed E-state index contributed by atoms with van der Waals surface area (Å²) >= 11 is 1.35. The molecule has 3 amide bonds. The van der Waals surface area contributed by atoms with Crippen molar-refractivity contribution in [1.29, 1.82) is 0 Å². The number of rotatable bonds is 5. The van der Waals surface area contributed by atoms with E-state index in [-0.39, 0.29) is 30.1 Å². The van der Waals surface area contributed by atoms with E-state index in [4.69, 9.17) is 0 Å². The average Bonchev–Trinajstić information content (AvgIpc) is 3.38. The summed E-state index contributed by atoms with van der Waals surface area (Å²) < 4.78 is 1.82. The molecule has 144 valence electrons. The molecule has 0 radical (unpaired) electrons. The highest BCUT2D eigenvalue weighted by atomic mass is 32.1. The molecule has 27 heavy (non-hydrogen) atoms. The third kappa shape index (κ3) is 4.00. The summed E-state index contributed by atoms with van der Waals surface area (Å²) in [5.41, 5.74) is 0.675. The first-order valence-corrected chi connectivity index (χ1v) is 9.53. The number of aryl methyl sites for hydroxylation is 2. The topological polar surface area (TPSA) is 109 Å². The van der Waals surface area contributed by atoms with Crippen LogP contribution in [0.1, 0.15) is 50.7 Å². The molecule has 0 spiro atoms. The van der Waals surface area contributed by atoms with E-state index in [1.165, 1.54) is 18.4 Å². The zero-order valence-corrected chi connectivity index (χ0v) is 16.3. The van der Waals surface area contributed by atoms with Crippen LogP contribution in [0.4, 0.5) is 0 Å². The molecule has 1 unspecified atom stereocenters. The Kier molecular flexibility index (Phi) is 5.54. The van der Waals surface area contributed by atoms with Crippen LogP contribution >= 0.6 is 11.3 Å². The van der Waals surface area contributed by atoms with Crippen LogP contribution in [0.2, 0.25) is 0 Å². The second kappa shape index (κ2) is 7.87. The van der Waals surface area contributed by atoms with E-state index in [0.29, 0.717) is 12.2 Å². The van der Waals surface area contributed by atoms with E-state index in [0.717, 1.165) is 23.7 Å². The Balaban J connectivity index is 1.72. The lowest BCUT2D eigenvalue weighted by molar-refractivity contribution is -0.119. The van der Waals surface area contributed by atoms with Gasteiger partial charge in [0, 0.05) is 32.2 Å². The molecule has 1 fully saturated rings. The predicted molar refractivity (Wildman–Crippen MR) is 99.5 cm³/mol. The van der Waals surface area contributed by atoms with Gasteiger partial charge in [-0.1, -0.05) is 0 Å². The van der Waals surface area contributed by atoms with Crippen molar-refractivity contribution in [3.63, 3.8) is 0 Å². The summed E-state index contributed by atoms with van der Waals surface area (Å²) in [6, 6.07) is -0.162. The average molecular weight is 390 g/mol. The van der Waals surface area contributed by atoms with Crippen LogP contribution in [0.25, 0.3) is 0 Å². The molecule has 1 saturated heterocycles. The van der Waals surface area contributed by atoms with E-state index < -0.39 is 5.91 Å². The normalized spacial score (nSPS) is 16.4. The number of hydrogen-bond acceptors (Lipinski definition) is 6. The lowest BCUT2D eigenvalue weighted by Gasteiger charge is -2.22. The third-order valence-corrected chi connectivity index (χ3v) is 5.52. The van der Waals surface area contributed by atoms with Gasteiger partial charge >= 0.3 is 0 Å². The van der Waals surface area contributed by atoms with Crippen LogP contribution in [0.15, 0.2) is 11.6 Å². The van der Waals surface area contributed by atoms with E-state index in [1.807, 2.05) is 18.5 Å². The van der Waals surface area contributed by atoms with E-state index in [9.17, 15) is 14.4 Å². The zero-order valence-electron chi connectivity index (χ0n) is 15.5. The minimum Gasteiger partial charge on any atom is -0.358 e. The van der Waals surface area contributed by atoms with Crippen molar-refractivity contribution in [2.75, 3.05) is 20.1 Å². The first-order chi connectivity index (χ1) is 12.9. The standard InChI is InChI=1S/C17H22N6O3S/c1-10-20-11(8-22(10)3)17(26)23-6-4-5-13(23)16-21-12(9-27-16)15(25)19-7-14(24)18-2/h8-9,13H,4-7H2,1-3H3,(H,18,24)(H,19,25). The fourth-order valence-corrected chi connectivity index (χ4v) is 3.91. The Labute approximate surface area is 160 Å². The largest absolute Gasteiger partial charge is 0.358 e. The third-order valence-electron chi connectivity index (χ3n) is 4.57. The SMILES string of the molecule is CNC(=O)CNC(=O)c1csc(C2CCCN2C(=O)c2cn(C)c(C)n2)n1. The molecular weight excluding hydrogens is 368 g/mol. The molecule has 1 atom stereocenters. The van der Waals surface area contributed by atoms with Crippen molar-refractivity contribution >= 4 is 29.1 Å². The van der Waals surface area contributed by atoms with Crippen molar-refractivity contribution in [2.45, 2.75) is 25.8 Å². The minimum absolute atomic E-state index is 0.102. The Morgan fingerprint density at radius 2 is 2.07 bits per heavy atom. The van der Waals surface area contributed by atoms with E-state index >= 15 is 0 Å². The first-order valence-electron chi connectivity index (χ1n) is 8.66. The Morgan fingerprint density at radius 1 is 1.30 bits per heavy atom. The Bertz CT molecular complexity index is 854. The maximum Gasteiger partial charge on any atom is 0.274 e. The van der Waals surface area contributed by atoms with Crippen molar-refractivity contribution in [3.05, 3.63) is 33.8 Å². The van der Waals surface area contributed by atoms with Gasteiger partial charge < -0.3 is 20.1 Å². The molecule has 2 N–H and O–H groups in total. The number of nitrogens with zero attached hydrogens (tertiary/aromatic N) is 4. The van der Waals surface area contributed by atoms with Gasteiger partial charge in [-0.2, -0.15) is 0 Å². The van der Waals surface area contributed by atoms with Crippen LogP contribution in [0.3, 0.4) is 0 Å². The molecule has 3 heterocycles. The Morgan fingerprint density at radius 3 is 2.74 bits per heavy atom. The van der Waals surface area contributed by atoms with E-state index in [2.05, 4.69) is 20.6 Å². The van der Waals surface area contributed by atoms with Crippen molar-refractivity contribution in [3.8, 4) is 0 Å². The molecule has 1 aliphatic rings. The minimum atomic E-state index is -0.405. The van der Waals surface area contributed by atoms with Gasteiger partial charge in [0.2, 0.25) is 5.91 Å². The molecule has 2 aromatic heterocycles. The molecule has 2 aromatic rings. The van der Waals surface area contributed by atoms with Gasteiger partial charge in [0.1, 0.15) is 22.2 Å². The molecule has 3 rings (SSSR count). The molecule has 1 aliphatic heterocycles. The van der Waals surface area contributed by atoms with Crippen LogP contribution in [-0.2, 0) is 11.8 Å². The second-order valence-corrected chi connectivity index (χ2v) is 7.26. The number of thiazole rings is 1. The number of likely N-dealkylation sites (tertiary alicyclic amines) is 1. The first kappa shape index (κ1) is 19.0. The summed E-state index contributed by atoms with van der Waals surface area (Å²) in [5, 5.41) is 7.33. The summed E-state index contributed by atoms with van der Waals surface area (Å²) in [5.74, 6) is -0.0326. The van der Waals surface area contributed by atoms with Crippen molar-refractivity contribution in [2.24, 2.45) is 7.05 Å². The van der Waals surface area contributed by atoms with Gasteiger partial charge in [-0.3, -0.25) is 14.4 Å². The van der Waals surface area contributed by atoms with Crippen molar-refractivity contribution < 1.29 is 14.4 Å². The number of likely N-dealkylation sites (N-methyl/N-ethyl adjacent to an activating group) is 1. The number of amides is 3. The molecular formula is C17H22N6O3S. The highest BCUT2D eigenvalue weighted by Crippen LogP contribution is 2.34. The fourth-order valence-electron chi connectivity index (χ4n) is 2.96. The Hall–Kier alpha value is -2.75.